The van der Waals surface area contributed by atoms with Crippen LogP contribution in [0.15, 0.2) is 34.5 Å². The van der Waals surface area contributed by atoms with Crippen molar-refractivity contribution in [2.75, 3.05) is 13.1 Å². The maximum absolute atomic E-state index is 12.0. The predicted octanol–water partition coefficient (Wildman–Crippen LogP) is 0.935. The Morgan fingerprint density at radius 2 is 2.19 bits per heavy atom. The molecular formula is C11H9N3O2. The fraction of sp³-hybridized carbons (Fsp3) is 0.182. The molecule has 0 fully saturated rings. The van der Waals surface area contributed by atoms with Crippen molar-refractivity contribution in [1.82, 2.24) is 15.6 Å². The van der Waals surface area contributed by atoms with E-state index < -0.39 is 0 Å². The van der Waals surface area contributed by atoms with Crippen molar-refractivity contribution >= 4 is 16.8 Å². The van der Waals surface area contributed by atoms with Crippen LogP contribution in [-0.2, 0) is 0 Å². The monoisotopic (exact) mass is 215 g/mol. The van der Waals surface area contributed by atoms with E-state index in [1.165, 1.54) is 0 Å². The lowest BCUT2D eigenvalue weighted by Crippen LogP contribution is -2.12. The van der Waals surface area contributed by atoms with Crippen molar-refractivity contribution in [3.05, 3.63) is 35.4 Å². The molecule has 1 aliphatic heterocycles. The normalized spacial score (nSPS) is 15.4. The maximum Gasteiger partial charge on any atom is 0.190 e. The minimum Gasteiger partial charge on any atom is -0.309 e. The highest BCUT2D eigenvalue weighted by Crippen LogP contribution is 2.15. The molecule has 0 saturated heterocycles. The molecule has 1 aliphatic rings. The van der Waals surface area contributed by atoms with Gasteiger partial charge in [-0.3, -0.25) is 4.79 Å². The molecule has 80 valence electrons. The molecule has 2 heterocycles. The van der Waals surface area contributed by atoms with Crippen LogP contribution in [0.2, 0.25) is 0 Å². The quantitative estimate of drug-likeness (QED) is 0.755. The lowest BCUT2D eigenvalue weighted by molar-refractivity contribution is 0.103. The van der Waals surface area contributed by atoms with Gasteiger partial charge >= 0.3 is 0 Å². The number of aromatic nitrogens is 2. The third-order valence-electron chi connectivity index (χ3n) is 2.62. The van der Waals surface area contributed by atoms with E-state index in [0.717, 1.165) is 12.1 Å². The van der Waals surface area contributed by atoms with Crippen molar-refractivity contribution in [1.29, 1.82) is 0 Å². The Hall–Kier alpha value is -2.01. The van der Waals surface area contributed by atoms with Crippen LogP contribution in [-0.4, -0.2) is 29.2 Å². The molecule has 0 unspecified atom stereocenters. The molecule has 0 spiro atoms. The van der Waals surface area contributed by atoms with Crippen molar-refractivity contribution < 1.29 is 9.42 Å². The summed E-state index contributed by atoms with van der Waals surface area (Å²) in [6.45, 7) is 1.39. The Morgan fingerprint density at radius 1 is 1.31 bits per heavy atom. The van der Waals surface area contributed by atoms with Gasteiger partial charge in [-0.2, -0.15) is 0 Å². The molecular weight excluding hydrogens is 206 g/mol. The van der Waals surface area contributed by atoms with Crippen molar-refractivity contribution in [2.45, 2.75) is 0 Å². The number of nitrogens with one attached hydrogen (secondary N) is 1. The first-order valence-corrected chi connectivity index (χ1v) is 5.01. The van der Waals surface area contributed by atoms with Gasteiger partial charge in [-0.1, -0.05) is 6.08 Å². The van der Waals surface area contributed by atoms with Crippen LogP contribution in [0.3, 0.4) is 0 Å². The summed E-state index contributed by atoms with van der Waals surface area (Å²) in [5, 5.41) is 10.5. The van der Waals surface area contributed by atoms with Gasteiger partial charge in [0.2, 0.25) is 0 Å². The minimum atomic E-state index is 0.0369. The smallest absolute Gasteiger partial charge is 0.190 e. The first kappa shape index (κ1) is 9.23. The highest BCUT2D eigenvalue weighted by molar-refractivity contribution is 6.10. The number of fused-ring (bicyclic) bond motifs is 1. The van der Waals surface area contributed by atoms with Crippen molar-refractivity contribution in [3.8, 4) is 0 Å². The summed E-state index contributed by atoms with van der Waals surface area (Å²) < 4.78 is 4.59. The molecule has 1 N–H and O–H groups in total. The Morgan fingerprint density at radius 3 is 3.00 bits per heavy atom. The standard InChI is InChI=1S/C11H9N3O2/c15-11(8-3-4-12-6-8)7-1-2-9-10(5-7)14-16-13-9/h1-3,5,12H,4,6H2. The zero-order valence-corrected chi connectivity index (χ0v) is 8.43. The van der Waals surface area contributed by atoms with Gasteiger partial charge in [0.15, 0.2) is 5.78 Å². The number of nitrogens with zero attached hydrogens (tertiary/aromatic N) is 2. The van der Waals surface area contributed by atoms with Gasteiger partial charge in [-0.15, -0.1) is 0 Å². The lowest BCUT2D eigenvalue weighted by atomic mass is 10.0. The van der Waals surface area contributed by atoms with Crippen LogP contribution in [0.5, 0.6) is 0 Å². The number of carbonyl (C=O) groups excluding carboxylic acids is 1. The molecule has 0 amide bonds. The van der Waals surface area contributed by atoms with Gasteiger partial charge in [0, 0.05) is 24.2 Å². The van der Waals surface area contributed by atoms with Gasteiger partial charge < -0.3 is 5.32 Å². The van der Waals surface area contributed by atoms with Crippen molar-refractivity contribution in [2.24, 2.45) is 0 Å². The molecule has 2 aromatic rings. The molecule has 1 aromatic heterocycles. The topological polar surface area (TPSA) is 68.0 Å². The first-order chi connectivity index (χ1) is 7.84. The average Bonchev–Trinajstić information content (AvgIpc) is 2.98. The second kappa shape index (κ2) is 3.53. The Labute approximate surface area is 91.1 Å². The van der Waals surface area contributed by atoms with Crippen molar-refractivity contribution in [3.63, 3.8) is 0 Å². The van der Waals surface area contributed by atoms with Crippen LogP contribution in [0.1, 0.15) is 10.4 Å². The Balaban J connectivity index is 2.01. The number of ketones is 1. The fourth-order valence-electron chi connectivity index (χ4n) is 1.76. The van der Waals surface area contributed by atoms with Gasteiger partial charge in [-0.05, 0) is 28.5 Å². The third-order valence-corrected chi connectivity index (χ3v) is 2.62. The molecule has 5 nitrogen and oxygen atoms in total. The van der Waals surface area contributed by atoms with Crippen LogP contribution in [0.25, 0.3) is 11.0 Å². The number of carbonyl (C=O) groups is 1. The second-order valence-electron chi connectivity index (χ2n) is 3.66. The van der Waals surface area contributed by atoms with Crippen LogP contribution < -0.4 is 5.32 Å². The maximum atomic E-state index is 12.0. The Kier molecular flexibility index (Phi) is 2.04. The number of rotatable bonds is 2. The third kappa shape index (κ3) is 1.42. The minimum absolute atomic E-state index is 0.0369. The fourth-order valence-corrected chi connectivity index (χ4v) is 1.76. The largest absolute Gasteiger partial charge is 0.309 e. The molecule has 1 aromatic carbocycles. The Bertz CT molecular complexity index is 586. The van der Waals surface area contributed by atoms with E-state index in [1.54, 1.807) is 18.2 Å². The highest BCUT2D eigenvalue weighted by Gasteiger charge is 2.15. The van der Waals surface area contributed by atoms with Gasteiger partial charge in [0.1, 0.15) is 11.0 Å². The number of benzene rings is 1. The number of hydrogen-bond acceptors (Lipinski definition) is 5. The zero-order valence-electron chi connectivity index (χ0n) is 8.43. The molecule has 5 heteroatoms. The SMILES string of the molecule is O=C(C1=CCNC1)c1ccc2nonc2c1. The first-order valence-electron chi connectivity index (χ1n) is 5.01. The molecule has 0 radical (unpaired) electrons. The zero-order chi connectivity index (χ0) is 11.0. The molecule has 0 aliphatic carbocycles. The number of Topliss-reactive ketones (excluding diaryl/α,β-unsaturated/α-hetero) is 1. The van der Waals surface area contributed by atoms with Gasteiger partial charge in [-0.25, -0.2) is 4.63 Å². The van der Waals surface area contributed by atoms with E-state index in [0.29, 0.717) is 23.1 Å². The van der Waals surface area contributed by atoms with E-state index in [1.807, 2.05) is 6.08 Å². The highest BCUT2D eigenvalue weighted by atomic mass is 16.6. The summed E-state index contributed by atoms with van der Waals surface area (Å²) >= 11 is 0. The summed E-state index contributed by atoms with van der Waals surface area (Å²) in [6.07, 6.45) is 1.91. The summed E-state index contributed by atoms with van der Waals surface area (Å²) in [5.41, 5.74) is 2.70. The average molecular weight is 215 g/mol. The molecule has 3 rings (SSSR count). The lowest BCUT2D eigenvalue weighted by Gasteiger charge is -2.00. The van der Waals surface area contributed by atoms with Gasteiger partial charge in [0.05, 0.1) is 0 Å². The van der Waals surface area contributed by atoms with E-state index in [4.69, 9.17) is 0 Å². The van der Waals surface area contributed by atoms with E-state index in [9.17, 15) is 4.79 Å². The molecule has 16 heavy (non-hydrogen) atoms. The van der Waals surface area contributed by atoms with Gasteiger partial charge in [0.25, 0.3) is 0 Å². The predicted molar refractivity (Wildman–Crippen MR) is 57.1 cm³/mol. The molecule has 0 bridgehead atoms. The second-order valence-corrected chi connectivity index (χ2v) is 3.66. The van der Waals surface area contributed by atoms with E-state index >= 15 is 0 Å². The molecule has 0 atom stereocenters. The summed E-state index contributed by atoms with van der Waals surface area (Å²) in [7, 11) is 0. The summed E-state index contributed by atoms with van der Waals surface area (Å²) in [6, 6.07) is 5.18. The molecule has 0 saturated carbocycles. The number of hydrogen-bond donors (Lipinski definition) is 1. The van der Waals surface area contributed by atoms with Crippen LogP contribution >= 0.6 is 0 Å². The van der Waals surface area contributed by atoms with E-state index in [-0.39, 0.29) is 5.78 Å². The van der Waals surface area contributed by atoms with Crippen LogP contribution in [0.4, 0.5) is 0 Å². The van der Waals surface area contributed by atoms with Crippen LogP contribution in [0, 0.1) is 0 Å². The summed E-state index contributed by atoms with van der Waals surface area (Å²) in [4.78, 5) is 12.0. The summed E-state index contributed by atoms with van der Waals surface area (Å²) in [5.74, 6) is 0.0369. The van der Waals surface area contributed by atoms with E-state index in [2.05, 4.69) is 20.3 Å².